The summed E-state index contributed by atoms with van der Waals surface area (Å²) in [4.78, 5) is 11.7. The van der Waals surface area contributed by atoms with Crippen molar-refractivity contribution in [3.05, 3.63) is 0 Å². The fourth-order valence-electron chi connectivity index (χ4n) is 6.17. The van der Waals surface area contributed by atoms with Crippen molar-refractivity contribution < 1.29 is 4.79 Å². The summed E-state index contributed by atoms with van der Waals surface area (Å²) < 4.78 is 0. The number of amides is 1. The van der Waals surface area contributed by atoms with Crippen molar-refractivity contribution in [3.8, 4) is 0 Å². The maximum Gasteiger partial charge on any atom is 0.233 e. The first-order valence-electron chi connectivity index (χ1n) is 7.88. The van der Waals surface area contributed by atoms with E-state index in [1.165, 1.54) is 38.5 Å². The molecule has 1 amide bonds. The highest BCUT2D eigenvalue weighted by Gasteiger charge is 2.59. The predicted molar refractivity (Wildman–Crippen MR) is 76.8 cm³/mol. The van der Waals surface area contributed by atoms with Crippen molar-refractivity contribution in [2.45, 2.75) is 64.8 Å². The van der Waals surface area contributed by atoms with Crippen LogP contribution in [0.1, 0.15) is 59.3 Å². The molecule has 0 saturated heterocycles. The minimum atomic E-state index is 0.147. The average molecular weight is 264 g/mol. The normalized spacial score (nSPS) is 47.4. The van der Waals surface area contributed by atoms with Crippen molar-refractivity contribution in [1.82, 2.24) is 10.6 Å². The topological polar surface area (TPSA) is 41.1 Å². The summed E-state index contributed by atoms with van der Waals surface area (Å²) in [5, 5.41) is 6.55. The highest BCUT2D eigenvalue weighted by molar-refractivity contribution is 5.78. The average Bonchev–Trinajstić information content (AvgIpc) is 2.22. The third-order valence-electron chi connectivity index (χ3n) is 5.62. The van der Waals surface area contributed by atoms with E-state index in [0.29, 0.717) is 17.4 Å². The van der Waals surface area contributed by atoms with Crippen molar-refractivity contribution in [1.29, 1.82) is 0 Å². The number of carbonyl (C=O) groups excluding carboxylic acids is 1. The van der Waals surface area contributed by atoms with E-state index < -0.39 is 0 Å². The molecule has 19 heavy (non-hydrogen) atoms. The summed E-state index contributed by atoms with van der Waals surface area (Å²) in [6.07, 6.45) is 8.04. The molecule has 108 valence electrons. The Morgan fingerprint density at radius 1 is 1.11 bits per heavy atom. The molecule has 4 aliphatic rings. The van der Waals surface area contributed by atoms with Gasteiger partial charge in [0.25, 0.3) is 0 Å². The summed E-state index contributed by atoms with van der Waals surface area (Å²) in [6, 6.07) is 0. The zero-order valence-electron chi connectivity index (χ0n) is 12.6. The Bertz CT molecular complexity index is 374. The van der Waals surface area contributed by atoms with Crippen LogP contribution in [0, 0.1) is 16.7 Å². The number of hydrogen-bond donors (Lipinski definition) is 2. The van der Waals surface area contributed by atoms with Gasteiger partial charge in [-0.2, -0.15) is 0 Å². The third kappa shape index (κ3) is 2.42. The molecule has 0 aliphatic heterocycles. The molecule has 4 saturated carbocycles. The molecule has 4 aliphatic carbocycles. The van der Waals surface area contributed by atoms with Gasteiger partial charge in [0.2, 0.25) is 5.91 Å². The van der Waals surface area contributed by atoms with Gasteiger partial charge in [0.1, 0.15) is 0 Å². The highest BCUT2D eigenvalue weighted by Crippen LogP contribution is 2.66. The Kier molecular flexibility index (Phi) is 2.97. The van der Waals surface area contributed by atoms with Crippen molar-refractivity contribution in [2.75, 3.05) is 13.1 Å². The summed E-state index contributed by atoms with van der Waals surface area (Å²) >= 11 is 0. The minimum absolute atomic E-state index is 0.147. The van der Waals surface area contributed by atoms with Crippen LogP contribution in [0.4, 0.5) is 0 Å². The quantitative estimate of drug-likeness (QED) is 0.819. The molecule has 4 bridgehead atoms. The monoisotopic (exact) mass is 264 g/mol. The van der Waals surface area contributed by atoms with Crippen LogP contribution in [-0.4, -0.2) is 24.5 Å². The molecule has 0 spiro atoms. The van der Waals surface area contributed by atoms with Gasteiger partial charge in [-0.3, -0.25) is 4.79 Å². The van der Waals surface area contributed by atoms with Crippen LogP contribution in [0.15, 0.2) is 0 Å². The summed E-state index contributed by atoms with van der Waals surface area (Å²) in [7, 11) is 0. The zero-order valence-corrected chi connectivity index (χ0v) is 12.6. The molecule has 0 aromatic heterocycles. The standard InChI is InChI=1S/C16H28N2O/c1-4-17-13(19)8-18-16-7-12-5-14(2,10-16)9-15(3,6-12)11-16/h12,18H,4-11H2,1-3H3,(H,17,19). The van der Waals surface area contributed by atoms with Gasteiger partial charge in [-0.25, -0.2) is 0 Å². The Morgan fingerprint density at radius 2 is 1.74 bits per heavy atom. The van der Waals surface area contributed by atoms with E-state index in [2.05, 4.69) is 24.5 Å². The molecular weight excluding hydrogens is 236 g/mol. The van der Waals surface area contributed by atoms with E-state index in [0.717, 1.165) is 12.5 Å². The van der Waals surface area contributed by atoms with Gasteiger partial charge in [-0.05, 0) is 62.2 Å². The van der Waals surface area contributed by atoms with Crippen LogP contribution in [0.5, 0.6) is 0 Å². The molecular formula is C16H28N2O. The molecule has 4 rings (SSSR count). The van der Waals surface area contributed by atoms with E-state index in [1.807, 2.05) is 6.92 Å². The fourth-order valence-corrected chi connectivity index (χ4v) is 6.17. The fraction of sp³-hybridized carbons (Fsp3) is 0.938. The molecule has 4 fully saturated rings. The van der Waals surface area contributed by atoms with Gasteiger partial charge in [-0.1, -0.05) is 13.8 Å². The third-order valence-corrected chi connectivity index (χ3v) is 5.62. The van der Waals surface area contributed by atoms with E-state index in [4.69, 9.17) is 0 Å². The van der Waals surface area contributed by atoms with Crippen molar-refractivity contribution >= 4 is 5.91 Å². The smallest absolute Gasteiger partial charge is 0.233 e. The Labute approximate surface area is 116 Å². The van der Waals surface area contributed by atoms with E-state index in [-0.39, 0.29) is 11.4 Å². The molecule has 0 aromatic rings. The van der Waals surface area contributed by atoms with Gasteiger partial charge < -0.3 is 10.6 Å². The maximum absolute atomic E-state index is 11.7. The molecule has 3 nitrogen and oxygen atoms in total. The van der Waals surface area contributed by atoms with Gasteiger partial charge in [0.05, 0.1) is 6.54 Å². The van der Waals surface area contributed by atoms with Gasteiger partial charge in [0.15, 0.2) is 0 Å². The van der Waals surface area contributed by atoms with Crippen LogP contribution >= 0.6 is 0 Å². The zero-order chi connectivity index (χ0) is 13.7. The van der Waals surface area contributed by atoms with Crippen molar-refractivity contribution in [2.24, 2.45) is 16.7 Å². The molecule has 0 heterocycles. The number of nitrogens with one attached hydrogen (secondary N) is 2. The molecule has 0 radical (unpaired) electrons. The first-order chi connectivity index (χ1) is 8.86. The second-order valence-corrected chi connectivity index (χ2v) is 8.22. The highest BCUT2D eigenvalue weighted by atomic mass is 16.1. The summed E-state index contributed by atoms with van der Waals surface area (Å²) in [5.74, 6) is 1.03. The van der Waals surface area contributed by atoms with Crippen LogP contribution in [-0.2, 0) is 4.79 Å². The number of likely N-dealkylation sites (N-methyl/N-ethyl adjacent to an activating group) is 1. The Morgan fingerprint density at radius 3 is 2.26 bits per heavy atom. The van der Waals surface area contributed by atoms with Gasteiger partial charge in [-0.15, -0.1) is 0 Å². The van der Waals surface area contributed by atoms with Crippen LogP contribution in [0.3, 0.4) is 0 Å². The van der Waals surface area contributed by atoms with E-state index in [9.17, 15) is 4.79 Å². The maximum atomic E-state index is 11.7. The number of hydrogen-bond acceptors (Lipinski definition) is 2. The lowest BCUT2D eigenvalue weighted by molar-refractivity contribution is -0.128. The lowest BCUT2D eigenvalue weighted by Gasteiger charge is -2.65. The number of rotatable bonds is 4. The second-order valence-electron chi connectivity index (χ2n) is 8.22. The Balaban J connectivity index is 1.72. The van der Waals surface area contributed by atoms with E-state index >= 15 is 0 Å². The SMILES string of the molecule is CCNC(=O)CNC12CC3CC(C)(CC(C)(C3)C1)C2. The number of carbonyl (C=O) groups is 1. The second kappa shape index (κ2) is 4.21. The van der Waals surface area contributed by atoms with Gasteiger partial charge >= 0.3 is 0 Å². The van der Waals surface area contributed by atoms with E-state index in [1.54, 1.807) is 0 Å². The molecule has 2 unspecified atom stereocenters. The predicted octanol–water partition coefficient (Wildman–Crippen LogP) is 2.46. The Hall–Kier alpha value is -0.570. The summed E-state index contributed by atoms with van der Waals surface area (Å²) in [6.45, 7) is 8.14. The van der Waals surface area contributed by atoms with Crippen molar-refractivity contribution in [3.63, 3.8) is 0 Å². The minimum Gasteiger partial charge on any atom is -0.355 e. The molecule has 0 aromatic carbocycles. The largest absolute Gasteiger partial charge is 0.355 e. The molecule has 2 N–H and O–H groups in total. The lowest BCUT2D eigenvalue weighted by Crippen LogP contribution is -2.65. The summed E-state index contributed by atoms with van der Waals surface area (Å²) in [5.41, 5.74) is 1.28. The van der Waals surface area contributed by atoms with Crippen LogP contribution < -0.4 is 10.6 Å². The molecule has 2 atom stereocenters. The van der Waals surface area contributed by atoms with Crippen LogP contribution in [0.25, 0.3) is 0 Å². The van der Waals surface area contributed by atoms with Crippen LogP contribution in [0.2, 0.25) is 0 Å². The first kappa shape index (κ1) is 13.4. The first-order valence-corrected chi connectivity index (χ1v) is 7.88. The van der Waals surface area contributed by atoms with Gasteiger partial charge in [0, 0.05) is 12.1 Å². The molecule has 3 heteroatoms. The lowest BCUT2D eigenvalue weighted by atomic mass is 9.43.